The fraction of sp³-hybridized carbons (Fsp3) is 0.364. The molecule has 1 heterocycles. The largest absolute Gasteiger partial charge is 0.497 e. The van der Waals surface area contributed by atoms with E-state index in [0.29, 0.717) is 18.7 Å². The summed E-state index contributed by atoms with van der Waals surface area (Å²) >= 11 is 0. The summed E-state index contributed by atoms with van der Waals surface area (Å²) in [4.78, 5) is 17.0. The Morgan fingerprint density at radius 3 is 2.67 bits per heavy atom. The van der Waals surface area contributed by atoms with Gasteiger partial charge in [0.25, 0.3) is 5.91 Å². The number of methoxy groups -OCH3 is 1. The van der Waals surface area contributed by atoms with E-state index in [-0.39, 0.29) is 5.91 Å². The quantitative estimate of drug-likeness (QED) is 0.737. The molecule has 4 heteroatoms. The summed E-state index contributed by atoms with van der Waals surface area (Å²) in [6.07, 6.45) is 0.905. The number of carbonyl (C=O) groups excluding carboxylic acids is 1. The maximum atomic E-state index is 11.8. The Morgan fingerprint density at radius 1 is 1.40 bits per heavy atom. The fourth-order valence-corrected chi connectivity index (χ4v) is 1.49. The van der Waals surface area contributed by atoms with Crippen molar-refractivity contribution in [2.45, 2.75) is 6.42 Å². The molecule has 1 fully saturated rings. The normalized spacial score (nSPS) is 15.4. The van der Waals surface area contributed by atoms with E-state index >= 15 is 0 Å². The van der Waals surface area contributed by atoms with Crippen LogP contribution < -0.4 is 4.74 Å². The van der Waals surface area contributed by atoms with Gasteiger partial charge in [0.05, 0.1) is 20.3 Å². The van der Waals surface area contributed by atoms with Crippen LogP contribution in [0.2, 0.25) is 0 Å². The van der Waals surface area contributed by atoms with Gasteiger partial charge in [0.2, 0.25) is 0 Å². The minimum atomic E-state index is -0.0878. The second-order valence-corrected chi connectivity index (χ2v) is 3.32. The summed E-state index contributed by atoms with van der Waals surface area (Å²) < 4.78 is 5.02. The van der Waals surface area contributed by atoms with Crippen molar-refractivity contribution in [3.63, 3.8) is 0 Å². The Hall–Kier alpha value is -1.55. The number of nitrogens with zero attached hydrogens (tertiary/aromatic N) is 1. The number of amides is 1. The molecule has 0 saturated carbocycles. The number of benzene rings is 1. The van der Waals surface area contributed by atoms with Crippen LogP contribution >= 0.6 is 0 Å². The van der Waals surface area contributed by atoms with Gasteiger partial charge < -0.3 is 4.74 Å². The molecular formula is C11H13NO3. The zero-order chi connectivity index (χ0) is 10.7. The Morgan fingerprint density at radius 2 is 2.13 bits per heavy atom. The van der Waals surface area contributed by atoms with Crippen LogP contribution in [0.3, 0.4) is 0 Å². The molecule has 1 saturated heterocycles. The van der Waals surface area contributed by atoms with E-state index in [1.807, 2.05) is 0 Å². The predicted molar refractivity (Wildman–Crippen MR) is 54.6 cm³/mol. The number of hydrogen-bond donors (Lipinski definition) is 0. The number of hydrogen-bond acceptors (Lipinski definition) is 3. The molecule has 0 spiro atoms. The molecular weight excluding hydrogens is 194 g/mol. The molecule has 1 aromatic carbocycles. The van der Waals surface area contributed by atoms with E-state index in [0.717, 1.165) is 12.2 Å². The monoisotopic (exact) mass is 207 g/mol. The van der Waals surface area contributed by atoms with Crippen LogP contribution in [-0.4, -0.2) is 31.2 Å². The molecule has 4 nitrogen and oxygen atoms in total. The van der Waals surface area contributed by atoms with Crippen molar-refractivity contribution in [1.29, 1.82) is 0 Å². The molecule has 1 aromatic rings. The summed E-state index contributed by atoms with van der Waals surface area (Å²) in [6, 6.07) is 7.01. The molecule has 2 rings (SSSR count). The van der Waals surface area contributed by atoms with E-state index in [9.17, 15) is 4.79 Å². The van der Waals surface area contributed by atoms with Gasteiger partial charge in [0.1, 0.15) is 5.75 Å². The molecule has 0 N–H and O–H groups in total. The molecule has 1 aliphatic heterocycles. The average Bonchev–Trinajstić information content (AvgIpc) is 2.82. The van der Waals surface area contributed by atoms with Gasteiger partial charge in [-0.3, -0.25) is 9.63 Å². The first-order chi connectivity index (χ1) is 7.31. The highest BCUT2D eigenvalue weighted by Crippen LogP contribution is 2.15. The third kappa shape index (κ3) is 2.10. The Labute approximate surface area is 88.4 Å². The molecule has 0 aliphatic carbocycles. The first kappa shape index (κ1) is 9.98. The lowest BCUT2D eigenvalue weighted by Crippen LogP contribution is -2.26. The Bertz CT molecular complexity index is 341. The Kier molecular flexibility index (Phi) is 2.87. The van der Waals surface area contributed by atoms with Gasteiger partial charge in [-0.05, 0) is 30.7 Å². The van der Waals surface area contributed by atoms with E-state index < -0.39 is 0 Å². The number of rotatable bonds is 2. The third-order valence-corrected chi connectivity index (χ3v) is 2.32. The highest BCUT2D eigenvalue weighted by atomic mass is 16.7. The SMILES string of the molecule is COc1ccc(C(=O)N2CCCO2)cc1. The number of ether oxygens (including phenoxy) is 1. The summed E-state index contributed by atoms with van der Waals surface area (Å²) in [5, 5.41) is 1.40. The van der Waals surface area contributed by atoms with Crippen molar-refractivity contribution in [2.75, 3.05) is 20.3 Å². The number of carbonyl (C=O) groups is 1. The minimum absolute atomic E-state index is 0.0878. The van der Waals surface area contributed by atoms with E-state index in [1.54, 1.807) is 31.4 Å². The van der Waals surface area contributed by atoms with Crippen LogP contribution in [0.15, 0.2) is 24.3 Å². The molecule has 0 aromatic heterocycles. The lowest BCUT2D eigenvalue weighted by Gasteiger charge is -2.13. The van der Waals surface area contributed by atoms with Gasteiger partial charge in [-0.25, -0.2) is 5.06 Å². The molecule has 0 atom stereocenters. The molecule has 0 radical (unpaired) electrons. The lowest BCUT2D eigenvalue weighted by atomic mass is 10.2. The average molecular weight is 207 g/mol. The van der Waals surface area contributed by atoms with Crippen molar-refractivity contribution in [2.24, 2.45) is 0 Å². The van der Waals surface area contributed by atoms with Gasteiger partial charge in [-0.15, -0.1) is 0 Å². The second kappa shape index (κ2) is 4.31. The maximum absolute atomic E-state index is 11.8. The summed E-state index contributed by atoms with van der Waals surface area (Å²) in [5.74, 6) is 0.657. The highest BCUT2D eigenvalue weighted by molar-refractivity contribution is 5.93. The van der Waals surface area contributed by atoms with E-state index in [1.165, 1.54) is 5.06 Å². The summed E-state index contributed by atoms with van der Waals surface area (Å²) in [5.41, 5.74) is 0.623. The van der Waals surface area contributed by atoms with Crippen LogP contribution in [0.5, 0.6) is 5.75 Å². The zero-order valence-corrected chi connectivity index (χ0v) is 8.60. The Balaban J connectivity index is 2.11. The molecule has 1 aliphatic rings. The van der Waals surface area contributed by atoms with E-state index in [2.05, 4.69) is 0 Å². The lowest BCUT2D eigenvalue weighted by molar-refractivity contribution is -0.0768. The second-order valence-electron chi connectivity index (χ2n) is 3.32. The van der Waals surface area contributed by atoms with Crippen molar-refractivity contribution in [1.82, 2.24) is 5.06 Å². The summed E-state index contributed by atoms with van der Waals surface area (Å²) in [7, 11) is 1.60. The molecule has 1 amide bonds. The summed E-state index contributed by atoms with van der Waals surface area (Å²) in [6.45, 7) is 1.30. The topological polar surface area (TPSA) is 38.8 Å². The van der Waals surface area contributed by atoms with Gasteiger partial charge in [-0.1, -0.05) is 0 Å². The van der Waals surface area contributed by atoms with Gasteiger partial charge in [0.15, 0.2) is 0 Å². The minimum Gasteiger partial charge on any atom is -0.497 e. The zero-order valence-electron chi connectivity index (χ0n) is 8.60. The van der Waals surface area contributed by atoms with Crippen LogP contribution in [0.1, 0.15) is 16.8 Å². The fourth-order valence-electron chi connectivity index (χ4n) is 1.49. The van der Waals surface area contributed by atoms with Crippen LogP contribution in [0.4, 0.5) is 0 Å². The standard InChI is InChI=1S/C11H13NO3/c1-14-10-5-3-9(4-6-10)11(13)12-7-2-8-15-12/h3-6H,2,7-8H2,1H3. The number of hydroxylamine groups is 2. The van der Waals surface area contributed by atoms with Gasteiger partial charge >= 0.3 is 0 Å². The van der Waals surface area contributed by atoms with E-state index in [4.69, 9.17) is 9.57 Å². The molecule has 0 unspecified atom stereocenters. The molecule has 15 heavy (non-hydrogen) atoms. The van der Waals surface area contributed by atoms with Crippen molar-refractivity contribution in [3.8, 4) is 5.75 Å². The predicted octanol–water partition coefficient (Wildman–Crippen LogP) is 1.47. The van der Waals surface area contributed by atoms with Crippen molar-refractivity contribution >= 4 is 5.91 Å². The first-order valence-electron chi connectivity index (χ1n) is 4.90. The highest BCUT2D eigenvalue weighted by Gasteiger charge is 2.20. The van der Waals surface area contributed by atoms with Crippen LogP contribution in [0.25, 0.3) is 0 Å². The van der Waals surface area contributed by atoms with Crippen molar-refractivity contribution < 1.29 is 14.4 Å². The molecule has 80 valence electrons. The maximum Gasteiger partial charge on any atom is 0.277 e. The van der Waals surface area contributed by atoms with Crippen molar-refractivity contribution in [3.05, 3.63) is 29.8 Å². The van der Waals surface area contributed by atoms with Crippen LogP contribution in [0, 0.1) is 0 Å². The van der Waals surface area contributed by atoms with Gasteiger partial charge in [-0.2, -0.15) is 0 Å². The van der Waals surface area contributed by atoms with Gasteiger partial charge in [0, 0.05) is 5.56 Å². The van der Waals surface area contributed by atoms with Crippen LogP contribution in [-0.2, 0) is 4.84 Å². The smallest absolute Gasteiger partial charge is 0.277 e. The molecule has 0 bridgehead atoms. The third-order valence-electron chi connectivity index (χ3n) is 2.32. The first-order valence-corrected chi connectivity index (χ1v) is 4.90.